The van der Waals surface area contributed by atoms with Crippen molar-refractivity contribution in [3.8, 4) is 11.5 Å². The van der Waals surface area contributed by atoms with Gasteiger partial charge in [0.2, 0.25) is 11.0 Å². The van der Waals surface area contributed by atoms with Gasteiger partial charge in [0, 0.05) is 16.1 Å². The molecule has 0 saturated heterocycles. The SMILES string of the molecule is Cc1cccc(OCCOc2ccc(Cl)cc2C=NNC(=O)Cc2nnc(NC(=O)c3ccccc3C)s2)c1. The number of hydrogen-bond donors (Lipinski definition) is 2. The molecule has 1 aromatic heterocycles. The van der Waals surface area contributed by atoms with Gasteiger partial charge in [-0.15, -0.1) is 10.2 Å². The largest absolute Gasteiger partial charge is 0.490 e. The van der Waals surface area contributed by atoms with Crippen LogP contribution in [0.25, 0.3) is 0 Å². The second kappa shape index (κ2) is 13.5. The van der Waals surface area contributed by atoms with Crippen LogP contribution in [0.15, 0.2) is 71.8 Å². The number of nitrogens with zero attached hydrogens (tertiary/aromatic N) is 3. The van der Waals surface area contributed by atoms with Crippen LogP contribution >= 0.6 is 22.9 Å². The van der Waals surface area contributed by atoms with Crippen molar-refractivity contribution in [3.05, 3.63) is 99.0 Å². The molecule has 9 nitrogen and oxygen atoms in total. The lowest BCUT2D eigenvalue weighted by molar-refractivity contribution is -0.120. The first-order valence-corrected chi connectivity index (χ1v) is 13.2. The summed E-state index contributed by atoms with van der Waals surface area (Å²) in [6.45, 7) is 4.52. The molecule has 4 rings (SSSR count). The van der Waals surface area contributed by atoms with Gasteiger partial charge in [-0.3, -0.25) is 14.9 Å². The highest BCUT2D eigenvalue weighted by Gasteiger charge is 2.14. The fraction of sp³-hybridized carbons (Fsp3) is 0.179. The Labute approximate surface area is 234 Å². The van der Waals surface area contributed by atoms with Crippen LogP contribution in [0.2, 0.25) is 5.02 Å². The van der Waals surface area contributed by atoms with Crippen molar-refractivity contribution in [2.75, 3.05) is 18.5 Å². The summed E-state index contributed by atoms with van der Waals surface area (Å²) in [5.41, 5.74) is 5.56. The second-order valence-corrected chi connectivity index (χ2v) is 9.93. The Hall–Kier alpha value is -4.28. The van der Waals surface area contributed by atoms with Gasteiger partial charge in [-0.1, -0.05) is 53.3 Å². The molecule has 0 bridgehead atoms. The van der Waals surface area contributed by atoms with Crippen LogP contribution in [0.5, 0.6) is 11.5 Å². The lowest BCUT2D eigenvalue weighted by Crippen LogP contribution is -2.19. The third kappa shape index (κ3) is 8.36. The van der Waals surface area contributed by atoms with E-state index in [2.05, 4.69) is 26.0 Å². The van der Waals surface area contributed by atoms with Gasteiger partial charge in [0.05, 0.1) is 12.6 Å². The molecule has 2 amide bonds. The molecule has 0 atom stereocenters. The fourth-order valence-electron chi connectivity index (χ4n) is 3.49. The van der Waals surface area contributed by atoms with E-state index in [4.69, 9.17) is 21.1 Å². The zero-order valence-corrected chi connectivity index (χ0v) is 22.9. The number of hydrazone groups is 1. The topological polar surface area (TPSA) is 115 Å². The van der Waals surface area contributed by atoms with Crippen LogP contribution in [-0.4, -0.2) is 41.4 Å². The Morgan fingerprint density at radius 3 is 2.64 bits per heavy atom. The van der Waals surface area contributed by atoms with Crippen LogP contribution in [-0.2, 0) is 11.2 Å². The number of aryl methyl sites for hydroxylation is 2. The van der Waals surface area contributed by atoms with E-state index in [1.54, 1.807) is 30.3 Å². The molecule has 0 aliphatic carbocycles. The summed E-state index contributed by atoms with van der Waals surface area (Å²) in [4.78, 5) is 24.8. The molecular formula is C28H26ClN5O4S. The van der Waals surface area contributed by atoms with E-state index >= 15 is 0 Å². The summed E-state index contributed by atoms with van der Waals surface area (Å²) in [6, 6.07) is 20.1. The van der Waals surface area contributed by atoms with Crippen molar-refractivity contribution in [2.24, 2.45) is 5.10 Å². The molecule has 0 aliphatic rings. The molecule has 0 spiro atoms. The third-order valence-corrected chi connectivity index (χ3v) is 6.43. The zero-order chi connectivity index (χ0) is 27.6. The summed E-state index contributed by atoms with van der Waals surface area (Å²) in [7, 11) is 0. The number of halogens is 1. The minimum absolute atomic E-state index is 0.0511. The Morgan fingerprint density at radius 1 is 1.00 bits per heavy atom. The van der Waals surface area contributed by atoms with Gasteiger partial charge < -0.3 is 9.47 Å². The highest BCUT2D eigenvalue weighted by Crippen LogP contribution is 2.22. The Balaban J connectivity index is 1.27. The Morgan fingerprint density at radius 2 is 1.82 bits per heavy atom. The fourth-order valence-corrected chi connectivity index (χ4v) is 4.40. The first-order chi connectivity index (χ1) is 18.9. The number of nitrogens with one attached hydrogen (secondary N) is 2. The Bertz CT molecular complexity index is 1490. The normalized spacial score (nSPS) is 10.8. The molecule has 0 saturated carbocycles. The molecule has 3 aromatic carbocycles. The lowest BCUT2D eigenvalue weighted by atomic mass is 10.1. The number of benzene rings is 3. The summed E-state index contributed by atoms with van der Waals surface area (Å²) < 4.78 is 11.5. The third-order valence-electron chi connectivity index (χ3n) is 5.35. The van der Waals surface area contributed by atoms with Crippen molar-refractivity contribution in [1.82, 2.24) is 15.6 Å². The number of aromatic nitrogens is 2. The number of rotatable bonds is 11. The number of anilines is 1. The summed E-state index contributed by atoms with van der Waals surface area (Å²) >= 11 is 7.25. The Kier molecular flexibility index (Phi) is 9.60. The number of carbonyl (C=O) groups excluding carboxylic acids is 2. The quantitative estimate of drug-likeness (QED) is 0.147. The van der Waals surface area contributed by atoms with E-state index in [-0.39, 0.29) is 12.3 Å². The number of amides is 2. The standard InChI is InChI=1S/C28H26ClN5O4S/c1-18-6-5-8-22(14-18)37-12-13-38-24-11-10-21(29)15-20(24)17-30-32-25(35)16-26-33-34-28(39-26)31-27(36)23-9-4-3-7-19(23)2/h3-11,14-15,17H,12-13,16H2,1-2H3,(H,32,35)(H,31,34,36). The summed E-state index contributed by atoms with van der Waals surface area (Å²) in [5.74, 6) is 0.639. The monoisotopic (exact) mass is 563 g/mol. The van der Waals surface area contributed by atoms with Gasteiger partial charge in [0.15, 0.2) is 0 Å². The van der Waals surface area contributed by atoms with Crippen LogP contribution in [0.3, 0.4) is 0 Å². The van der Waals surface area contributed by atoms with Gasteiger partial charge in [-0.2, -0.15) is 5.10 Å². The molecule has 200 valence electrons. The minimum atomic E-state index is -0.393. The van der Waals surface area contributed by atoms with Crippen molar-refractivity contribution < 1.29 is 19.1 Å². The van der Waals surface area contributed by atoms with E-state index in [0.29, 0.717) is 45.3 Å². The van der Waals surface area contributed by atoms with Crippen LogP contribution in [0.1, 0.15) is 32.1 Å². The minimum Gasteiger partial charge on any atom is -0.490 e. The average molecular weight is 564 g/mol. The lowest BCUT2D eigenvalue weighted by Gasteiger charge is -2.11. The number of hydrogen-bond acceptors (Lipinski definition) is 8. The van der Waals surface area contributed by atoms with Gasteiger partial charge >= 0.3 is 0 Å². The first-order valence-electron chi connectivity index (χ1n) is 12.0. The van der Waals surface area contributed by atoms with E-state index in [1.807, 2.05) is 50.2 Å². The maximum atomic E-state index is 12.5. The van der Waals surface area contributed by atoms with Gasteiger partial charge in [0.1, 0.15) is 29.7 Å². The van der Waals surface area contributed by atoms with Gasteiger partial charge in [-0.05, 0) is 61.4 Å². The van der Waals surface area contributed by atoms with E-state index < -0.39 is 5.91 Å². The zero-order valence-electron chi connectivity index (χ0n) is 21.3. The van der Waals surface area contributed by atoms with E-state index in [9.17, 15) is 9.59 Å². The molecule has 0 unspecified atom stereocenters. The molecule has 2 N–H and O–H groups in total. The van der Waals surface area contributed by atoms with Crippen LogP contribution in [0, 0.1) is 13.8 Å². The number of carbonyl (C=O) groups is 2. The second-order valence-electron chi connectivity index (χ2n) is 8.44. The van der Waals surface area contributed by atoms with Gasteiger partial charge in [-0.25, -0.2) is 5.43 Å². The molecule has 0 fully saturated rings. The van der Waals surface area contributed by atoms with Crippen molar-refractivity contribution in [3.63, 3.8) is 0 Å². The van der Waals surface area contributed by atoms with Crippen LogP contribution in [0.4, 0.5) is 5.13 Å². The molecule has 39 heavy (non-hydrogen) atoms. The summed E-state index contributed by atoms with van der Waals surface area (Å²) in [6.07, 6.45) is 1.40. The summed E-state index contributed by atoms with van der Waals surface area (Å²) in [5, 5.41) is 15.9. The van der Waals surface area contributed by atoms with Gasteiger partial charge in [0.25, 0.3) is 5.91 Å². The molecule has 4 aromatic rings. The molecule has 0 radical (unpaired) electrons. The van der Waals surface area contributed by atoms with Crippen molar-refractivity contribution in [1.29, 1.82) is 0 Å². The van der Waals surface area contributed by atoms with E-state index in [0.717, 1.165) is 28.2 Å². The first kappa shape index (κ1) is 27.7. The number of ether oxygens (including phenoxy) is 2. The predicted molar refractivity (Wildman–Crippen MR) is 152 cm³/mol. The maximum absolute atomic E-state index is 12.5. The molecule has 0 aliphatic heterocycles. The highest BCUT2D eigenvalue weighted by molar-refractivity contribution is 7.15. The van der Waals surface area contributed by atoms with E-state index in [1.165, 1.54) is 6.21 Å². The highest BCUT2D eigenvalue weighted by atomic mass is 35.5. The molecule has 11 heteroatoms. The van der Waals surface area contributed by atoms with Crippen molar-refractivity contribution in [2.45, 2.75) is 20.3 Å². The smallest absolute Gasteiger partial charge is 0.257 e. The average Bonchev–Trinajstić information content (AvgIpc) is 3.34. The van der Waals surface area contributed by atoms with Crippen molar-refractivity contribution >= 4 is 46.1 Å². The maximum Gasteiger partial charge on any atom is 0.257 e. The molecular weight excluding hydrogens is 538 g/mol. The van der Waals surface area contributed by atoms with Crippen LogP contribution < -0.4 is 20.2 Å². The molecule has 1 heterocycles. The predicted octanol–water partition coefficient (Wildman–Crippen LogP) is 5.21.